The number of ether oxygens (including phenoxy) is 1. The van der Waals surface area contributed by atoms with E-state index in [2.05, 4.69) is 25.7 Å². The van der Waals surface area contributed by atoms with Crippen molar-refractivity contribution < 1.29 is 4.74 Å². The van der Waals surface area contributed by atoms with Crippen LogP contribution in [0, 0.1) is 0 Å². The first-order chi connectivity index (χ1) is 10.2. The highest BCUT2D eigenvalue weighted by atomic mass is 35.5. The standard InChI is InChI=1S/C12H17ClN6OS/c1-2-7-20-12-17-10(16-11(18-12)19-14)15-6-5-8-3-4-9(13)21-8/h3-4H,2,5-7,14H2,1H3,(H2,15,16,17,18,19). The summed E-state index contributed by atoms with van der Waals surface area (Å²) in [5, 5.41) is 3.12. The lowest BCUT2D eigenvalue weighted by molar-refractivity contribution is 0.292. The number of nitrogen functional groups attached to an aromatic ring is 1. The molecule has 2 heterocycles. The van der Waals surface area contributed by atoms with E-state index >= 15 is 0 Å². The number of hydrogen-bond acceptors (Lipinski definition) is 8. The molecule has 0 aliphatic rings. The Labute approximate surface area is 131 Å². The summed E-state index contributed by atoms with van der Waals surface area (Å²) in [4.78, 5) is 13.5. The van der Waals surface area contributed by atoms with Gasteiger partial charge in [-0.15, -0.1) is 11.3 Å². The van der Waals surface area contributed by atoms with Crippen LogP contribution >= 0.6 is 22.9 Å². The van der Waals surface area contributed by atoms with Crippen LogP contribution in [0.15, 0.2) is 12.1 Å². The Morgan fingerprint density at radius 1 is 1.29 bits per heavy atom. The van der Waals surface area contributed by atoms with Crippen LogP contribution in [0.25, 0.3) is 0 Å². The molecule has 0 atom stereocenters. The summed E-state index contributed by atoms with van der Waals surface area (Å²) in [5.74, 6) is 6.02. The monoisotopic (exact) mass is 328 g/mol. The quantitative estimate of drug-likeness (QED) is 0.505. The Balaban J connectivity index is 1.94. The van der Waals surface area contributed by atoms with Gasteiger partial charge in [0.25, 0.3) is 0 Å². The molecule has 0 aliphatic heterocycles. The summed E-state index contributed by atoms with van der Waals surface area (Å²) in [6, 6.07) is 4.14. The second-order valence-electron chi connectivity index (χ2n) is 4.14. The summed E-state index contributed by atoms with van der Waals surface area (Å²) in [6.45, 7) is 3.23. The predicted molar refractivity (Wildman–Crippen MR) is 84.9 cm³/mol. The average Bonchev–Trinajstić information content (AvgIpc) is 2.90. The van der Waals surface area contributed by atoms with Crippen molar-refractivity contribution >= 4 is 34.8 Å². The molecule has 7 nitrogen and oxygen atoms in total. The summed E-state index contributed by atoms with van der Waals surface area (Å²) in [6.07, 6.45) is 1.71. The molecule has 0 aliphatic carbocycles. The van der Waals surface area contributed by atoms with Gasteiger partial charge in [-0.3, -0.25) is 5.43 Å². The molecule has 0 radical (unpaired) electrons. The van der Waals surface area contributed by atoms with Gasteiger partial charge in [-0.1, -0.05) is 18.5 Å². The molecule has 2 aromatic rings. The second-order valence-corrected chi connectivity index (χ2v) is 5.94. The summed E-state index contributed by atoms with van der Waals surface area (Å²) in [5.41, 5.74) is 2.40. The highest BCUT2D eigenvalue weighted by Crippen LogP contribution is 2.21. The first kappa shape index (κ1) is 15.7. The molecule has 0 bridgehead atoms. The largest absolute Gasteiger partial charge is 0.463 e. The molecule has 2 aromatic heterocycles. The van der Waals surface area contributed by atoms with Gasteiger partial charge in [-0.05, 0) is 25.0 Å². The van der Waals surface area contributed by atoms with Crippen molar-refractivity contribution in [3.63, 3.8) is 0 Å². The zero-order valence-corrected chi connectivity index (χ0v) is 13.2. The van der Waals surface area contributed by atoms with Gasteiger partial charge in [-0.25, -0.2) is 5.84 Å². The molecule has 2 rings (SSSR count). The van der Waals surface area contributed by atoms with E-state index in [1.807, 2.05) is 19.1 Å². The minimum absolute atomic E-state index is 0.251. The average molecular weight is 329 g/mol. The number of halogens is 1. The van der Waals surface area contributed by atoms with E-state index in [4.69, 9.17) is 22.2 Å². The van der Waals surface area contributed by atoms with Crippen molar-refractivity contribution in [2.75, 3.05) is 23.9 Å². The van der Waals surface area contributed by atoms with Crippen molar-refractivity contribution in [1.29, 1.82) is 0 Å². The molecule has 0 amide bonds. The normalized spacial score (nSPS) is 10.4. The van der Waals surface area contributed by atoms with E-state index in [-0.39, 0.29) is 12.0 Å². The van der Waals surface area contributed by atoms with E-state index in [0.29, 0.717) is 19.1 Å². The van der Waals surface area contributed by atoms with Crippen LogP contribution in [0.5, 0.6) is 6.01 Å². The van der Waals surface area contributed by atoms with Crippen LogP contribution in [0.3, 0.4) is 0 Å². The molecular weight excluding hydrogens is 312 g/mol. The van der Waals surface area contributed by atoms with Crippen LogP contribution < -0.4 is 21.3 Å². The first-order valence-electron chi connectivity index (χ1n) is 6.55. The number of nitrogens with zero attached hydrogens (tertiary/aromatic N) is 3. The maximum Gasteiger partial charge on any atom is 0.323 e. The van der Waals surface area contributed by atoms with E-state index < -0.39 is 0 Å². The Bertz CT molecular complexity index is 579. The number of anilines is 2. The number of thiophene rings is 1. The van der Waals surface area contributed by atoms with E-state index in [0.717, 1.165) is 17.2 Å². The fourth-order valence-electron chi connectivity index (χ4n) is 1.54. The second kappa shape index (κ2) is 7.96. The van der Waals surface area contributed by atoms with Crippen LogP contribution in [-0.4, -0.2) is 28.1 Å². The molecule has 21 heavy (non-hydrogen) atoms. The number of hydrogen-bond donors (Lipinski definition) is 3. The highest BCUT2D eigenvalue weighted by Gasteiger charge is 2.06. The molecule has 0 spiro atoms. The molecule has 4 N–H and O–H groups in total. The van der Waals surface area contributed by atoms with Crippen molar-refractivity contribution in [1.82, 2.24) is 15.0 Å². The number of nitrogens with one attached hydrogen (secondary N) is 2. The van der Waals surface area contributed by atoms with Gasteiger partial charge in [-0.2, -0.15) is 15.0 Å². The molecule has 0 aromatic carbocycles. The number of nitrogens with two attached hydrogens (primary N) is 1. The smallest absolute Gasteiger partial charge is 0.323 e. The number of aromatic nitrogens is 3. The van der Waals surface area contributed by atoms with Gasteiger partial charge in [0.2, 0.25) is 11.9 Å². The minimum atomic E-state index is 0.251. The fourth-order valence-corrected chi connectivity index (χ4v) is 2.63. The lowest BCUT2D eigenvalue weighted by atomic mass is 10.3. The van der Waals surface area contributed by atoms with Gasteiger partial charge in [0.05, 0.1) is 10.9 Å². The number of rotatable bonds is 8. The van der Waals surface area contributed by atoms with Crippen molar-refractivity contribution in [2.24, 2.45) is 5.84 Å². The van der Waals surface area contributed by atoms with Crippen LogP contribution in [0.1, 0.15) is 18.2 Å². The van der Waals surface area contributed by atoms with Crippen LogP contribution in [-0.2, 0) is 6.42 Å². The van der Waals surface area contributed by atoms with Gasteiger partial charge < -0.3 is 10.1 Å². The zero-order valence-electron chi connectivity index (χ0n) is 11.6. The van der Waals surface area contributed by atoms with Gasteiger partial charge in [0, 0.05) is 11.4 Å². The molecule has 0 saturated heterocycles. The lowest BCUT2D eigenvalue weighted by Gasteiger charge is -2.08. The molecule has 0 fully saturated rings. The molecule has 0 unspecified atom stereocenters. The molecule has 0 saturated carbocycles. The summed E-state index contributed by atoms with van der Waals surface area (Å²) in [7, 11) is 0. The minimum Gasteiger partial charge on any atom is -0.463 e. The Morgan fingerprint density at radius 3 is 2.76 bits per heavy atom. The van der Waals surface area contributed by atoms with Gasteiger partial charge in [0.15, 0.2) is 0 Å². The van der Waals surface area contributed by atoms with Crippen molar-refractivity contribution in [2.45, 2.75) is 19.8 Å². The van der Waals surface area contributed by atoms with Crippen molar-refractivity contribution in [3.05, 3.63) is 21.3 Å². The highest BCUT2D eigenvalue weighted by molar-refractivity contribution is 7.16. The Hall–Kier alpha value is -1.64. The SMILES string of the molecule is CCCOc1nc(NN)nc(NCCc2ccc(Cl)s2)n1. The molecule has 9 heteroatoms. The van der Waals surface area contributed by atoms with Crippen LogP contribution in [0.2, 0.25) is 4.34 Å². The van der Waals surface area contributed by atoms with E-state index in [9.17, 15) is 0 Å². The molecular formula is C12H17ClN6OS. The van der Waals surface area contributed by atoms with Crippen LogP contribution in [0.4, 0.5) is 11.9 Å². The topological polar surface area (TPSA) is 98.0 Å². The summed E-state index contributed by atoms with van der Waals surface area (Å²) >= 11 is 7.45. The third kappa shape index (κ3) is 5.00. The van der Waals surface area contributed by atoms with E-state index in [1.54, 1.807) is 11.3 Å². The first-order valence-corrected chi connectivity index (χ1v) is 7.74. The predicted octanol–water partition coefficient (Wildman–Crippen LogP) is 2.32. The van der Waals surface area contributed by atoms with E-state index in [1.165, 1.54) is 4.88 Å². The Kier molecular flexibility index (Phi) is 5.97. The Morgan fingerprint density at radius 2 is 2.10 bits per heavy atom. The third-order valence-corrected chi connectivity index (χ3v) is 3.75. The molecule has 114 valence electrons. The fraction of sp³-hybridized carbons (Fsp3) is 0.417. The van der Waals surface area contributed by atoms with Gasteiger partial charge >= 0.3 is 6.01 Å². The number of hydrazine groups is 1. The zero-order chi connectivity index (χ0) is 15.1. The van der Waals surface area contributed by atoms with Crippen molar-refractivity contribution in [3.8, 4) is 6.01 Å². The third-order valence-electron chi connectivity index (χ3n) is 2.46. The van der Waals surface area contributed by atoms with Gasteiger partial charge in [0.1, 0.15) is 0 Å². The maximum absolute atomic E-state index is 5.89. The maximum atomic E-state index is 5.89. The summed E-state index contributed by atoms with van der Waals surface area (Å²) < 4.78 is 6.18. The lowest BCUT2D eigenvalue weighted by Crippen LogP contribution is -2.15.